The number of allylic oxidation sites excluding steroid dienone is 2. The highest BCUT2D eigenvalue weighted by Gasteiger charge is 2.08. The first-order valence-corrected chi connectivity index (χ1v) is 9.23. The van der Waals surface area contributed by atoms with Crippen molar-refractivity contribution in [1.82, 2.24) is 0 Å². The standard InChI is InChI=1S/C8H15O3PSi/c1-13(2,3)8-6-4-5-7-12(9,10)11/h4-5H,7H2,1-3H3,(H2,9,10,11). The highest BCUT2D eigenvalue weighted by atomic mass is 31.2. The molecular formula is C8H15O3PSi. The molecule has 13 heavy (non-hydrogen) atoms. The molecule has 3 nitrogen and oxygen atoms in total. The molecule has 0 atom stereocenters. The van der Waals surface area contributed by atoms with Crippen LogP contribution in [0.5, 0.6) is 0 Å². The molecule has 0 bridgehead atoms. The molecule has 0 rings (SSSR count). The summed E-state index contributed by atoms with van der Waals surface area (Å²) < 4.78 is 10.4. The van der Waals surface area contributed by atoms with Crippen molar-refractivity contribution in [2.75, 3.05) is 6.16 Å². The van der Waals surface area contributed by atoms with Crippen molar-refractivity contribution in [1.29, 1.82) is 0 Å². The molecule has 0 aromatic heterocycles. The highest BCUT2D eigenvalue weighted by molar-refractivity contribution is 7.51. The van der Waals surface area contributed by atoms with Crippen LogP contribution in [0.25, 0.3) is 0 Å². The van der Waals surface area contributed by atoms with Gasteiger partial charge in [-0.05, 0) is 6.08 Å². The zero-order chi connectivity index (χ0) is 10.5. The summed E-state index contributed by atoms with van der Waals surface area (Å²) in [6, 6.07) is 0. The Balaban J connectivity index is 4.02. The van der Waals surface area contributed by atoms with E-state index in [-0.39, 0.29) is 6.16 Å². The van der Waals surface area contributed by atoms with E-state index < -0.39 is 15.7 Å². The Labute approximate surface area is 80.0 Å². The summed E-state index contributed by atoms with van der Waals surface area (Å²) in [5.74, 6) is 2.79. The summed E-state index contributed by atoms with van der Waals surface area (Å²) >= 11 is 0. The summed E-state index contributed by atoms with van der Waals surface area (Å²) in [5, 5.41) is 0. The van der Waals surface area contributed by atoms with Crippen molar-refractivity contribution in [3.63, 3.8) is 0 Å². The maximum atomic E-state index is 10.4. The fraction of sp³-hybridized carbons (Fsp3) is 0.500. The van der Waals surface area contributed by atoms with Gasteiger partial charge in [0, 0.05) is 0 Å². The molecular weight excluding hydrogens is 203 g/mol. The van der Waals surface area contributed by atoms with E-state index in [1.165, 1.54) is 12.2 Å². The van der Waals surface area contributed by atoms with Crippen LogP contribution < -0.4 is 0 Å². The molecule has 0 saturated carbocycles. The van der Waals surface area contributed by atoms with Crippen LogP contribution in [0.2, 0.25) is 19.6 Å². The van der Waals surface area contributed by atoms with Gasteiger partial charge in [-0.15, -0.1) is 5.54 Å². The van der Waals surface area contributed by atoms with Crippen molar-refractivity contribution >= 4 is 15.7 Å². The van der Waals surface area contributed by atoms with E-state index in [2.05, 4.69) is 31.1 Å². The van der Waals surface area contributed by atoms with Gasteiger partial charge in [0.05, 0.1) is 6.16 Å². The molecule has 0 aliphatic rings. The zero-order valence-corrected chi connectivity index (χ0v) is 10.0. The third kappa shape index (κ3) is 11.7. The molecule has 0 amide bonds. The van der Waals surface area contributed by atoms with Crippen molar-refractivity contribution in [3.8, 4) is 11.5 Å². The smallest absolute Gasteiger partial charge is 0.324 e. The van der Waals surface area contributed by atoms with Gasteiger partial charge in [0.15, 0.2) is 0 Å². The van der Waals surface area contributed by atoms with Crippen LogP contribution >= 0.6 is 7.60 Å². The molecule has 0 heterocycles. The van der Waals surface area contributed by atoms with Crippen molar-refractivity contribution in [3.05, 3.63) is 12.2 Å². The maximum absolute atomic E-state index is 10.4. The molecule has 0 aromatic carbocycles. The molecule has 0 aromatic rings. The zero-order valence-electron chi connectivity index (χ0n) is 8.11. The SMILES string of the molecule is C[Si](C)(C)C#CC=CCP(=O)(O)O. The minimum atomic E-state index is -3.89. The van der Waals surface area contributed by atoms with Crippen LogP contribution in [0.4, 0.5) is 0 Å². The average molecular weight is 218 g/mol. The van der Waals surface area contributed by atoms with Crippen LogP contribution in [0.15, 0.2) is 12.2 Å². The first-order valence-electron chi connectivity index (χ1n) is 3.93. The van der Waals surface area contributed by atoms with Crippen LogP contribution in [-0.4, -0.2) is 24.0 Å². The molecule has 0 aliphatic heterocycles. The van der Waals surface area contributed by atoms with E-state index in [0.29, 0.717) is 0 Å². The lowest BCUT2D eigenvalue weighted by Crippen LogP contribution is -2.16. The summed E-state index contributed by atoms with van der Waals surface area (Å²) in [6.07, 6.45) is 2.69. The molecule has 0 radical (unpaired) electrons. The van der Waals surface area contributed by atoms with E-state index in [0.717, 1.165) is 0 Å². The Kier molecular flexibility index (Phi) is 4.66. The first-order chi connectivity index (χ1) is 5.71. The third-order valence-corrected chi connectivity index (χ3v) is 2.57. The lowest BCUT2D eigenvalue weighted by molar-refractivity contribution is 0.377. The lowest BCUT2D eigenvalue weighted by Gasteiger charge is -2.02. The summed E-state index contributed by atoms with van der Waals surface area (Å²) in [7, 11) is -5.25. The second-order valence-electron chi connectivity index (χ2n) is 3.77. The van der Waals surface area contributed by atoms with Crippen LogP contribution in [-0.2, 0) is 4.57 Å². The monoisotopic (exact) mass is 218 g/mol. The molecule has 0 fully saturated rings. The van der Waals surface area contributed by atoms with Crippen LogP contribution in [0, 0.1) is 11.5 Å². The van der Waals surface area contributed by atoms with E-state index in [1.54, 1.807) is 0 Å². The van der Waals surface area contributed by atoms with E-state index >= 15 is 0 Å². The quantitative estimate of drug-likeness (QED) is 0.420. The molecule has 2 N–H and O–H groups in total. The second kappa shape index (κ2) is 4.78. The van der Waals surface area contributed by atoms with Crippen molar-refractivity contribution in [2.24, 2.45) is 0 Å². The molecule has 0 saturated heterocycles. The Bertz CT molecular complexity index is 287. The van der Waals surface area contributed by atoms with Gasteiger partial charge < -0.3 is 9.79 Å². The minimum Gasteiger partial charge on any atom is -0.324 e. The fourth-order valence-corrected chi connectivity index (χ4v) is 1.40. The maximum Gasteiger partial charge on any atom is 0.329 e. The molecule has 5 heteroatoms. The second-order valence-corrected chi connectivity index (χ2v) is 10.2. The molecule has 0 spiro atoms. The molecule has 0 unspecified atom stereocenters. The third-order valence-electron chi connectivity index (χ3n) is 0.992. The summed E-state index contributed by atoms with van der Waals surface area (Å²) in [4.78, 5) is 17.0. The van der Waals surface area contributed by atoms with Gasteiger partial charge in [0.2, 0.25) is 0 Å². The number of hydrogen-bond acceptors (Lipinski definition) is 1. The average Bonchev–Trinajstić information content (AvgIpc) is 1.81. The van der Waals surface area contributed by atoms with Crippen LogP contribution in [0.1, 0.15) is 0 Å². The number of rotatable bonds is 2. The Morgan fingerprint density at radius 1 is 1.38 bits per heavy atom. The predicted molar refractivity (Wildman–Crippen MR) is 57.2 cm³/mol. The normalized spacial score (nSPS) is 12.7. The van der Waals surface area contributed by atoms with Crippen molar-refractivity contribution < 1.29 is 14.4 Å². The Morgan fingerprint density at radius 3 is 2.31 bits per heavy atom. The van der Waals surface area contributed by atoms with Gasteiger partial charge in [-0.25, -0.2) is 0 Å². The fourth-order valence-electron chi connectivity index (χ4n) is 0.507. The van der Waals surface area contributed by atoms with E-state index in [4.69, 9.17) is 9.79 Å². The van der Waals surface area contributed by atoms with Crippen LogP contribution in [0.3, 0.4) is 0 Å². The minimum absolute atomic E-state index is 0.229. The summed E-state index contributed by atoms with van der Waals surface area (Å²) in [6.45, 7) is 6.32. The van der Waals surface area contributed by atoms with Crippen molar-refractivity contribution in [2.45, 2.75) is 19.6 Å². The first kappa shape index (κ1) is 12.7. The number of hydrogen-bond donors (Lipinski definition) is 2. The van der Waals surface area contributed by atoms with Gasteiger partial charge in [-0.1, -0.05) is 31.6 Å². The Morgan fingerprint density at radius 2 is 1.92 bits per heavy atom. The molecule has 0 aliphatic carbocycles. The molecule has 74 valence electrons. The van der Waals surface area contributed by atoms with Gasteiger partial charge in [0.25, 0.3) is 0 Å². The van der Waals surface area contributed by atoms with E-state index in [9.17, 15) is 4.57 Å². The summed E-state index contributed by atoms with van der Waals surface area (Å²) in [5.41, 5.74) is 3.06. The van der Waals surface area contributed by atoms with Gasteiger partial charge in [0.1, 0.15) is 8.07 Å². The predicted octanol–water partition coefficient (Wildman–Crippen LogP) is 1.60. The van der Waals surface area contributed by atoms with Gasteiger partial charge >= 0.3 is 7.60 Å². The lowest BCUT2D eigenvalue weighted by atomic mass is 10.5. The van der Waals surface area contributed by atoms with Gasteiger partial charge in [-0.3, -0.25) is 4.57 Å². The Hall–Kier alpha value is -0.333. The largest absolute Gasteiger partial charge is 0.329 e. The highest BCUT2D eigenvalue weighted by Crippen LogP contribution is 2.33. The topological polar surface area (TPSA) is 57.5 Å². The van der Waals surface area contributed by atoms with E-state index in [1.807, 2.05) is 0 Å². The van der Waals surface area contributed by atoms with Gasteiger partial charge in [-0.2, -0.15) is 0 Å².